The molecule has 0 unspecified atom stereocenters. The lowest BCUT2D eigenvalue weighted by Gasteiger charge is -2.05. The van der Waals surface area contributed by atoms with Crippen LogP contribution >= 0.6 is 0 Å². The lowest BCUT2D eigenvalue weighted by molar-refractivity contribution is -0.111. The van der Waals surface area contributed by atoms with E-state index < -0.39 is 29.0 Å². The molecule has 0 saturated heterocycles. The van der Waals surface area contributed by atoms with Gasteiger partial charge >= 0.3 is 0 Å². The molecule has 0 radical (unpaired) electrons. The Bertz CT molecular complexity index is 711. The van der Waals surface area contributed by atoms with Gasteiger partial charge in [0.1, 0.15) is 0 Å². The number of amides is 1. The minimum Gasteiger partial charge on any atom is -0.320 e. The zero-order valence-electron chi connectivity index (χ0n) is 11.2. The number of hydrogen-bond acceptors (Lipinski definition) is 1. The molecule has 1 amide bonds. The number of nitrogens with one attached hydrogen (secondary N) is 1. The Kier molecular flexibility index (Phi) is 4.42. The summed E-state index contributed by atoms with van der Waals surface area (Å²) in [6.07, 6.45) is 2.73. The summed E-state index contributed by atoms with van der Waals surface area (Å²) in [5.74, 6) is -4.98. The number of rotatable bonds is 3. The highest BCUT2D eigenvalue weighted by Gasteiger charge is 2.14. The van der Waals surface area contributed by atoms with Gasteiger partial charge in [-0.05, 0) is 30.7 Å². The third-order valence-electron chi connectivity index (χ3n) is 2.76. The first-order valence-corrected chi connectivity index (χ1v) is 6.16. The highest BCUT2D eigenvalue weighted by Crippen LogP contribution is 2.19. The summed E-state index contributed by atoms with van der Waals surface area (Å²) in [4.78, 5) is 11.6. The molecule has 108 valence electrons. The summed E-state index contributed by atoms with van der Waals surface area (Å²) < 4.78 is 39.2. The van der Waals surface area contributed by atoms with Gasteiger partial charge in [-0.3, -0.25) is 4.79 Å². The van der Waals surface area contributed by atoms with E-state index in [1.165, 1.54) is 6.08 Å². The van der Waals surface area contributed by atoms with Crippen molar-refractivity contribution in [2.75, 3.05) is 5.32 Å². The fraction of sp³-hybridized carbons (Fsp3) is 0.0625. The minimum absolute atomic E-state index is 0.409. The van der Waals surface area contributed by atoms with Gasteiger partial charge < -0.3 is 5.32 Å². The van der Waals surface area contributed by atoms with Crippen molar-refractivity contribution in [3.63, 3.8) is 0 Å². The molecule has 2 aromatic rings. The Morgan fingerprint density at radius 3 is 2.57 bits per heavy atom. The predicted molar refractivity (Wildman–Crippen MR) is 75.2 cm³/mol. The van der Waals surface area contributed by atoms with Crippen molar-refractivity contribution in [1.82, 2.24) is 0 Å². The van der Waals surface area contributed by atoms with Gasteiger partial charge in [-0.2, -0.15) is 0 Å². The van der Waals surface area contributed by atoms with E-state index >= 15 is 0 Å². The summed E-state index contributed by atoms with van der Waals surface area (Å²) >= 11 is 0. The number of carbonyl (C=O) groups is 1. The van der Waals surface area contributed by atoms with E-state index in [2.05, 4.69) is 5.32 Å². The second kappa shape index (κ2) is 6.26. The molecule has 0 saturated carbocycles. The van der Waals surface area contributed by atoms with Crippen LogP contribution in [0.3, 0.4) is 0 Å². The Balaban J connectivity index is 2.10. The van der Waals surface area contributed by atoms with Crippen molar-refractivity contribution in [1.29, 1.82) is 0 Å². The van der Waals surface area contributed by atoms with E-state index in [9.17, 15) is 18.0 Å². The molecule has 2 rings (SSSR count). The largest absolute Gasteiger partial charge is 0.320 e. The molecular formula is C16H12F3NO. The third kappa shape index (κ3) is 3.72. The van der Waals surface area contributed by atoms with Crippen LogP contribution in [0.15, 0.2) is 42.5 Å². The van der Waals surface area contributed by atoms with Crippen LogP contribution < -0.4 is 5.32 Å². The van der Waals surface area contributed by atoms with Crippen LogP contribution in [0, 0.1) is 24.4 Å². The number of aryl methyl sites for hydroxylation is 1. The molecule has 0 fully saturated rings. The van der Waals surface area contributed by atoms with Crippen molar-refractivity contribution < 1.29 is 18.0 Å². The summed E-state index contributed by atoms with van der Waals surface area (Å²) in [5.41, 5.74) is 1.42. The van der Waals surface area contributed by atoms with Crippen molar-refractivity contribution in [2.45, 2.75) is 6.92 Å². The van der Waals surface area contributed by atoms with Crippen LogP contribution in [0.5, 0.6) is 0 Å². The van der Waals surface area contributed by atoms with Gasteiger partial charge in [0, 0.05) is 6.08 Å². The van der Waals surface area contributed by atoms with Crippen LogP contribution in [-0.4, -0.2) is 5.91 Å². The lowest BCUT2D eigenvalue weighted by atomic mass is 10.1. The maximum atomic E-state index is 13.4. The summed E-state index contributed by atoms with van der Waals surface area (Å²) in [5, 5.41) is 2.16. The summed E-state index contributed by atoms with van der Waals surface area (Å²) in [7, 11) is 0. The topological polar surface area (TPSA) is 29.1 Å². The SMILES string of the molecule is Cc1cccc(/C=C/C(=O)Nc2ccc(F)c(F)c2F)c1. The first-order chi connectivity index (χ1) is 9.97. The number of anilines is 1. The molecule has 0 spiro atoms. The van der Waals surface area contributed by atoms with E-state index in [0.717, 1.165) is 23.3 Å². The predicted octanol–water partition coefficient (Wildman–Crippen LogP) is 4.06. The molecule has 2 aromatic carbocycles. The maximum absolute atomic E-state index is 13.4. The quantitative estimate of drug-likeness (QED) is 0.670. The van der Waals surface area contributed by atoms with E-state index in [1.54, 1.807) is 12.1 Å². The third-order valence-corrected chi connectivity index (χ3v) is 2.76. The molecule has 0 aromatic heterocycles. The lowest BCUT2D eigenvalue weighted by Crippen LogP contribution is -2.10. The van der Waals surface area contributed by atoms with Gasteiger partial charge in [0.2, 0.25) is 5.91 Å². The van der Waals surface area contributed by atoms with Crippen LogP contribution in [0.2, 0.25) is 0 Å². The van der Waals surface area contributed by atoms with Crippen LogP contribution in [0.4, 0.5) is 18.9 Å². The Morgan fingerprint density at radius 1 is 1.10 bits per heavy atom. The van der Waals surface area contributed by atoms with Crippen LogP contribution in [-0.2, 0) is 4.79 Å². The van der Waals surface area contributed by atoms with E-state index in [4.69, 9.17) is 0 Å². The summed E-state index contributed by atoms with van der Waals surface area (Å²) in [6, 6.07) is 9.12. The maximum Gasteiger partial charge on any atom is 0.248 e. The zero-order valence-corrected chi connectivity index (χ0v) is 11.2. The van der Waals surface area contributed by atoms with E-state index in [0.29, 0.717) is 0 Å². The molecule has 5 heteroatoms. The average Bonchev–Trinajstić information content (AvgIpc) is 2.46. The fourth-order valence-corrected chi connectivity index (χ4v) is 1.74. The van der Waals surface area contributed by atoms with Gasteiger partial charge in [-0.1, -0.05) is 29.8 Å². The van der Waals surface area contributed by atoms with Gasteiger partial charge in [0.15, 0.2) is 17.5 Å². The van der Waals surface area contributed by atoms with Gasteiger partial charge in [-0.15, -0.1) is 0 Å². The molecule has 0 bridgehead atoms. The molecule has 0 heterocycles. The molecule has 0 aliphatic heterocycles. The van der Waals surface area contributed by atoms with Gasteiger partial charge in [0.05, 0.1) is 5.69 Å². The fourth-order valence-electron chi connectivity index (χ4n) is 1.74. The van der Waals surface area contributed by atoms with Crippen molar-refractivity contribution in [3.05, 3.63) is 71.1 Å². The number of benzene rings is 2. The number of halogens is 3. The Labute approximate surface area is 119 Å². The van der Waals surface area contributed by atoms with E-state index in [1.807, 2.05) is 25.1 Å². The highest BCUT2D eigenvalue weighted by atomic mass is 19.2. The Morgan fingerprint density at radius 2 is 1.86 bits per heavy atom. The molecule has 21 heavy (non-hydrogen) atoms. The zero-order chi connectivity index (χ0) is 15.4. The molecule has 0 atom stereocenters. The molecular weight excluding hydrogens is 279 g/mol. The number of carbonyl (C=O) groups excluding carboxylic acids is 1. The molecule has 1 N–H and O–H groups in total. The second-order valence-electron chi connectivity index (χ2n) is 4.46. The van der Waals surface area contributed by atoms with Crippen molar-refractivity contribution >= 4 is 17.7 Å². The molecule has 0 aliphatic carbocycles. The van der Waals surface area contributed by atoms with Gasteiger partial charge in [0.25, 0.3) is 0 Å². The second-order valence-corrected chi connectivity index (χ2v) is 4.46. The Hall–Kier alpha value is -2.56. The van der Waals surface area contributed by atoms with E-state index in [-0.39, 0.29) is 0 Å². The first kappa shape index (κ1) is 14.8. The standard InChI is InChI=1S/C16H12F3NO/c1-10-3-2-4-11(9-10)5-8-14(21)20-13-7-6-12(17)15(18)16(13)19/h2-9H,1H3,(H,20,21)/b8-5+. The molecule has 0 aliphatic rings. The number of hydrogen-bond donors (Lipinski definition) is 1. The minimum atomic E-state index is -1.62. The summed E-state index contributed by atoms with van der Waals surface area (Å²) in [6.45, 7) is 1.91. The average molecular weight is 291 g/mol. The van der Waals surface area contributed by atoms with Gasteiger partial charge in [-0.25, -0.2) is 13.2 Å². The van der Waals surface area contributed by atoms with Crippen molar-refractivity contribution in [2.24, 2.45) is 0 Å². The normalized spacial score (nSPS) is 10.9. The first-order valence-electron chi connectivity index (χ1n) is 6.16. The highest BCUT2D eigenvalue weighted by molar-refractivity contribution is 6.02. The van der Waals surface area contributed by atoms with Crippen LogP contribution in [0.25, 0.3) is 6.08 Å². The smallest absolute Gasteiger partial charge is 0.248 e. The van der Waals surface area contributed by atoms with Crippen molar-refractivity contribution in [3.8, 4) is 0 Å². The monoisotopic (exact) mass is 291 g/mol. The molecule has 2 nitrogen and oxygen atoms in total. The van der Waals surface area contributed by atoms with Crippen LogP contribution in [0.1, 0.15) is 11.1 Å².